The molecule has 0 fully saturated rings. The molecule has 0 spiro atoms. The van der Waals surface area contributed by atoms with Gasteiger partial charge in [0.25, 0.3) is 0 Å². The first-order chi connectivity index (χ1) is 6.99. The summed E-state index contributed by atoms with van der Waals surface area (Å²) in [5.74, 6) is 0. The first-order valence-corrected chi connectivity index (χ1v) is 4.29. The fraction of sp³-hybridized carbons (Fsp3) is 0.182. The zero-order chi connectivity index (χ0) is 11.5. The SMILES string of the molecule is C=Nc1cc(C(F)(F)F)ccc1/C=C\C. The van der Waals surface area contributed by atoms with Crippen molar-refractivity contribution >= 4 is 18.5 Å². The number of allylic oxidation sites excluding steroid dienone is 1. The van der Waals surface area contributed by atoms with Crippen molar-refractivity contribution in [3.8, 4) is 0 Å². The van der Waals surface area contributed by atoms with Crippen LogP contribution in [0.5, 0.6) is 0 Å². The van der Waals surface area contributed by atoms with Crippen molar-refractivity contribution in [1.29, 1.82) is 0 Å². The standard InChI is InChI=1S/C11H10F3N/c1-3-4-8-5-6-9(11(12,13)14)7-10(8)15-2/h3-7H,2H2,1H3/b4-3-. The lowest BCUT2D eigenvalue weighted by atomic mass is 10.1. The molecule has 0 radical (unpaired) electrons. The van der Waals surface area contributed by atoms with Gasteiger partial charge in [-0.1, -0.05) is 18.2 Å². The normalized spacial score (nSPS) is 12.0. The van der Waals surface area contributed by atoms with E-state index in [0.29, 0.717) is 5.56 Å². The lowest BCUT2D eigenvalue weighted by Crippen LogP contribution is -2.04. The molecule has 0 bridgehead atoms. The Hall–Kier alpha value is -1.58. The molecular weight excluding hydrogens is 203 g/mol. The van der Waals surface area contributed by atoms with Gasteiger partial charge >= 0.3 is 6.18 Å². The van der Waals surface area contributed by atoms with Crippen LogP contribution in [0.15, 0.2) is 29.3 Å². The highest BCUT2D eigenvalue weighted by Gasteiger charge is 2.30. The number of halogens is 3. The largest absolute Gasteiger partial charge is 0.416 e. The van der Waals surface area contributed by atoms with E-state index in [1.165, 1.54) is 6.07 Å². The molecule has 15 heavy (non-hydrogen) atoms. The number of alkyl halides is 3. The topological polar surface area (TPSA) is 12.4 Å². The molecule has 0 aromatic heterocycles. The van der Waals surface area contributed by atoms with Gasteiger partial charge in [0.1, 0.15) is 0 Å². The van der Waals surface area contributed by atoms with Crippen molar-refractivity contribution in [1.82, 2.24) is 0 Å². The monoisotopic (exact) mass is 213 g/mol. The molecule has 0 heterocycles. The second-order valence-electron chi connectivity index (χ2n) is 2.93. The third-order valence-electron chi connectivity index (χ3n) is 1.87. The lowest BCUT2D eigenvalue weighted by Gasteiger charge is -2.08. The third kappa shape index (κ3) is 2.68. The molecule has 0 aliphatic carbocycles. The number of benzene rings is 1. The summed E-state index contributed by atoms with van der Waals surface area (Å²) in [6.07, 6.45) is -0.921. The van der Waals surface area contributed by atoms with Crippen LogP contribution >= 0.6 is 0 Å². The van der Waals surface area contributed by atoms with Gasteiger partial charge in [-0.2, -0.15) is 13.2 Å². The van der Waals surface area contributed by atoms with Gasteiger partial charge in [-0.3, -0.25) is 4.99 Å². The number of hydrogen-bond donors (Lipinski definition) is 0. The summed E-state index contributed by atoms with van der Waals surface area (Å²) in [6, 6.07) is 3.40. The first kappa shape index (κ1) is 11.5. The molecule has 0 atom stereocenters. The van der Waals surface area contributed by atoms with Gasteiger partial charge in [0, 0.05) is 0 Å². The van der Waals surface area contributed by atoms with Crippen LogP contribution < -0.4 is 0 Å². The summed E-state index contributed by atoms with van der Waals surface area (Å²) >= 11 is 0. The van der Waals surface area contributed by atoms with E-state index in [1.807, 2.05) is 0 Å². The Morgan fingerprint density at radius 1 is 1.33 bits per heavy atom. The molecule has 0 aliphatic heterocycles. The van der Waals surface area contributed by atoms with E-state index in [2.05, 4.69) is 11.7 Å². The maximum Gasteiger partial charge on any atom is 0.416 e. The fourth-order valence-electron chi connectivity index (χ4n) is 1.18. The smallest absolute Gasteiger partial charge is 0.264 e. The van der Waals surface area contributed by atoms with Crippen molar-refractivity contribution < 1.29 is 13.2 Å². The summed E-state index contributed by atoms with van der Waals surface area (Å²) in [5, 5.41) is 0. The van der Waals surface area contributed by atoms with Crippen LogP contribution in [0.4, 0.5) is 18.9 Å². The van der Waals surface area contributed by atoms with E-state index in [0.717, 1.165) is 12.1 Å². The number of aliphatic imine (C=N–C) groups is 1. The maximum atomic E-state index is 12.3. The zero-order valence-corrected chi connectivity index (χ0v) is 8.17. The van der Waals surface area contributed by atoms with E-state index < -0.39 is 11.7 Å². The minimum Gasteiger partial charge on any atom is -0.264 e. The summed E-state index contributed by atoms with van der Waals surface area (Å²) in [7, 11) is 0. The van der Waals surface area contributed by atoms with Crippen LogP contribution in [0.2, 0.25) is 0 Å². The van der Waals surface area contributed by atoms with Crippen molar-refractivity contribution in [2.45, 2.75) is 13.1 Å². The summed E-state index contributed by atoms with van der Waals surface area (Å²) in [6.45, 7) is 5.03. The molecule has 0 saturated carbocycles. The summed E-state index contributed by atoms with van der Waals surface area (Å²) in [4.78, 5) is 3.56. The Labute approximate surface area is 86.0 Å². The molecule has 0 unspecified atom stereocenters. The predicted molar refractivity (Wildman–Crippen MR) is 55.4 cm³/mol. The van der Waals surface area contributed by atoms with Crippen molar-refractivity contribution in [3.05, 3.63) is 35.4 Å². The molecule has 1 nitrogen and oxygen atoms in total. The lowest BCUT2D eigenvalue weighted by molar-refractivity contribution is -0.137. The van der Waals surface area contributed by atoms with Gasteiger partial charge in [-0.25, -0.2) is 0 Å². The number of hydrogen-bond acceptors (Lipinski definition) is 1. The van der Waals surface area contributed by atoms with Gasteiger partial charge in [-0.15, -0.1) is 0 Å². The van der Waals surface area contributed by atoms with E-state index in [4.69, 9.17) is 0 Å². The first-order valence-electron chi connectivity index (χ1n) is 4.29. The molecule has 1 rings (SSSR count). The molecule has 0 N–H and O–H groups in total. The maximum absolute atomic E-state index is 12.3. The van der Waals surface area contributed by atoms with E-state index in [-0.39, 0.29) is 5.69 Å². The summed E-state index contributed by atoms with van der Waals surface area (Å²) in [5.41, 5.74) is 0.154. The Bertz CT molecular complexity index is 391. The second-order valence-corrected chi connectivity index (χ2v) is 2.93. The van der Waals surface area contributed by atoms with Gasteiger partial charge < -0.3 is 0 Å². The van der Waals surface area contributed by atoms with Gasteiger partial charge in [0.2, 0.25) is 0 Å². The average Bonchev–Trinajstić information content (AvgIpc) is 2.17. The molecule has 1 aromatic carbocycles. The second kappa shape index (κ2) is 4.29. The van der Waals surface area contributed by atoms with Crippen molar-refractivity contribution in [2.75, 3.05) is 0 Å². The number of nitrogens with zero attached hydrogens (tertiary/aromatic N) is 1. The minimum atomic E-state index is -4.34. The average molecular weight is 213 g/mol. The van der Waals surface area contributed by atoms with Crippen LogP contribution in [0.3, 0.4) is 0 Å². The van der Waals surface area contributed by atoms with Gasteiger partial charge in [0.05, 0.1) is 11.3 Å². The highest BCUT2D eigenvalue weighted by Crippen LogP contribution is 2.33. The quantitative estimate of drug-likeness (QED) is 0.656. The fourth-order valence-corrected chi connectivity index (χ4v) is 1.18. The van der Waals surface area contributed by atoms with E-state index in [1.54, 1.807) is 19.1 Å². The van der Waals surface area contributed by atoms with E-state index >= 15 is 0 Å². The Kier molecular flexibility index (Phi) is 3.29. The highest BCUT2D eigenvalue weighted by molar-refractivity contribution is 5.66. The molecule has 0 aliphatic rings. The zero-order valence-electron chi connectivity index (χ0n) is 8.17. The van der Waals surface area contributed by atoms with Crippen LogP contribution in [0, 0.1) is 0 Å². The van der Waals surface area contributed by atoms with Gasteiger partial charge in [0.15, 0.2) is 0 Å². The molecule has 0 amide bonds. The predicted octanol–water partition coefficient (Wildman–Crippen LogP) is 4.07. The molecule has 0 saturated heterocycles. The third-order valence-corrected chi connectivity index (χ3v) is 1.87. The van der Waals surface area contributed by atoms with Crippen LogP contribution in [0.1, 0.15) is 18.1 Å². The van der Waals surface area contributed by atoms with Gasteiger partial charge in [-0.05, 0) is 31.3 Å². The van der Waals surface area contributed by atoms with Crippen molar-refractivity contribution in [3.63, 3.8) is 0 Å². The molecule has 1 aromatic rings. The van der Waals surface area contributed by atoms with E-state index in [9.17, 15) is 13.2 Å². The minimum absolute atomic E-state index is 0.239. The van der Waals surface area contributed by atoms with Crippen LogP contribution in [-0.4, -0.2) is 6.72 Å². The Morgan fingerprint density at radius 3 is 2.47 bits per heavy atom. The summed E-state index contributed by atoms with van der Waals surface area (Å²) < 4.78 is 37.0. The molecule has 4 heteroatoms. The van der Waals surface area contributed by atoms with Crippen LogP contribution in [-0.2, 0) is 6.18 Å². The van der Waals surface area contributed by atoms with Crippen LogP contribution in [0.25, 0.3) is 6.08 Å². The number of rotatable bonds is 2. The van der Waals surface area contributed by atoms with Crippen molar-refractivity contribution in [2.24, 2.45) is 4.99 Å². The molecule has 80 valence electrons. The Balaban J connectivity index is 3.25. The highest BCUT2D eigenvalue weighted by atomic mass is 19.4. The Morgan fingerprint density at radius 2 is 2.00 bits per heavy atom. The molecular formula is C11H10F3N.